The number of aliphatic hydroxyl groups is 1. The molecule has 1 aromatic carbocycles. The molecule has 27 heavy (non-hydrogen) atoms. The number of esters is 1. The second-order valence-electron chi connectivity index (χ2n) is 6.86. The molecule has 1 rings (SSSR count). The summed E-state index contributed by atoms with van der Waals surface area (Å²) < 4.78 is 4.58. The van der Waals surface area contributed by atoms with Crippen LogP contribution >= 0.6 is 0 Å². The molecule has 4 atom stereocenters. The van der Waals surface area contributed by atoms with Crippen LogP contribution in [0.1, 0.15) is 58.9 Å². The summed E-state index contributed by atoms with van der Waals surface area (Å²) >= 11 is 0. The molecule has 0 heterocycles. The zero-order valence-electron chi connectivity index (χ0n) is 16.1. The molecule has 0 fully saturated rings. The van der Waals surface area contributed by atoms with Crippen LogP contribution in [-0.4, -0.2) is 30.6 Å². The summed E-state index contributed by atoms with van der Waals surface area (Å²) in [4.78, 5) is 21.0. The second-order valence-corrected chi connectivity index (χ2v) is 6.86. The van der Waals surface area contributed by atoms with E-state index in [-0.39, 0.29) is 20.0 Å². The average Bonchev–Trinajstić information content (AvgIpc) is 2.65. The summed E-state index contributed by atoms with van der Waals surface area (Å²) in [5.74, 6) is 0.727. The maximum atomic E-state index is 10.9. The van der Waals surface area contributed by atoms with Gasteiger partial charge in [-0.2, -0.15) is 0 Å². The topological polar surface area (TPSA) is 65.0 Å². The molecule has 4 unspecified atom stereocenters. The van der Waals surface area contributed by atoms with Crippen molar-refractivity contribution >= 4 is 5.97 Å². The Morgan fingerprint density at radius 2 is 1.70 bits per heavy atom. The van der Waals surface area contributed by atoms with Gasteiger partial charge in [-0.25, -0.2) is 14.6 Å². The molecule has 0 saturated carbocycles. The number of carbonyl (C=O) groups excluding carboxylic acids is 1. The van der Waals surface area contributed by atoms with Gasteiger partial charge in [-0.15, -0.1) is 0 Å². The molecule has 0 aromatic heterocycles. The molecule has 0 aliphatic carbocycles. The van der Waals surface area contributed by atoms with Crippen molar-refractivity contribution in [1.82, 2.24) is 0 Å². The highest BCUT2D eigenvalue weighted by Gasteiger charge is 2.18. The van der Waals surface area contributed by atoms with Gasteiger partial charge in [0.15, 0.2) is 0 Å². The first-order valence-corrected chi connectivity index (χ1v) is 9.26. The van der Waals surface area contributed by atoms with Gasteiger partial charge >= 0.3 is 5.97 Å². The van der Waals surface area contributed by atoms with Crippen molar-refractivity contribution in [1.29, 1.82) is 0 Å². The molecule has 5 heteroatoms. The number of rotatable bonds is 13. The second kappa shape index (κ2) is 14.4. The quantitative estimate of drug-likeness (QED) is 0.132. The number of hydrogen-bond donors (Lipinski definition) is 1. The summed E-state index contributed by atoms with van der Waals surface area (Å²) in [5.41, 5.74) is 1.35. The number of carbonyl (C=O) groups is 1. The lowest BCUT2D eigenvalue weighted by Gasteiger charge is -2.24. The van der Waals surface area contributed by atoms with E-state index in [2.05, 4.69) is 56.4 Å². The fourth-order valence-electron chi connectivity index (χ4n) is 2.79. The van der Waals surface area contributed by atoms with E-state index < -0.39 is 12.3 Å². The van der Waals surface area contributed by atoms with Crippen LogP contribution in [0.2, 0.25) is 0 Å². The van der Waals surface area contributed by atoms with Crippen molar-refractivity contribution in [2.45, 2.75) is 59.7 Å². The lowest BCUT2D eigenvalue weighted by Crippen LogP contribution is -2.23. The Hall–Kier alpha value is -1.69. The molecule has 0 saturated heterocycles. The van der Waals surface area contributed by atoms with Crippen LogP contribution in [0.4, 0.5) is 0 Å². The average molecular weight is 381 g/mol. The molecule has 0 radical (unpaired) electrons. The SMILES string of the molecule is C.C=CC(=O)OC(O)COOCC(C)CC(CC(C)CC)c1ccccc1. The molecule has 0 amide bonds. The monoisotopic (exact) mass is 380 g/mol. The first-order valence-electron chi connectivity index (χ1n) is 9.26. The van der Waals surface area contributed by atoms with Gasteiger partial charge in [0.25, 0.3) is 0 Å². The lowest BCUT2D eigenvalue weighted by molar-refractivity contribution is -0.325. The third-order valence-corrected chi connectivity index (χ3v) is 4.41. The highest BCUT2D eigenvalue weighted by molar-refractivity contribution is 5.81. The van der Waals surface area contributed by atoms with Gasteiger partial charge in [0.1, 0.15) is 6.61 Å². The van der Waals surface area contributed by atoms with Gasteiger partial charge < -0.3 is 9.84 Å². The summed E-state index contributed by atoms with van der Waals surface area (Å²) in [6.07, 6.45) is 2.91. The maximum Gasteiger partial charge on any atom is 0.332 e. The molecule has 5 nitrogen and oxygen atoms in total. The maximum absolute atomic E-state index is 10.9. The minimum atomic E-state index is -1.36. The first kappa shape index (κ1) is 25.3. The third-order valence-electron chi connectivity index (χ3n) is 4.41. The molecule has 0 aliphatic heterocycles. The van der Waals surface area contributed by atoms with Crippen LogP contribution in [0.3, 0.4) is 0 Å². The smallest absolute Gasteiger partial charge is 0.332 e. The van der Waals surface area contributed by atoms with E-state index in [0.29, 0.717) is 18.4 Å². The van der Waals surface area contributed by atoms with Crippen LogP contribution in [-0.2, 0) is 19.3 Å². The number of benzene rings is 1. The van der Waals surface area contributed by atoms with Crippen molar-refractivity contribution in [2.24, 2.45) is 11.8 Å². The van der Waals surface area contributed by atoms with Gasteiger partial charge in [0.05, 0.1) is 6.61 Å². The number of aliphatic hydroxyl groups excluding tert-OH is 1. The predicted molar refractivity (Wildman–Crippen MR) is 108 cm³/mol. The van der Waals surface area contributed by atoms with Gasteiger partial charge in [0.2, 0.25) is 6.29 Å². The normalized spacial score (nSPS) is 15.1. The summed E-state index contributed by atoms with van der Waals surface area (Å²) in [6.45, 7) is 10.0. The Labute approximate surface area is 164 Å². The van der Waals surface area contributed by atoms with Crippen LogP contribution in [0.15, 0.2) is 43.0 Å². The van der Waals surface area contributed by atoms with Crippen LogP contribution in [0.25, 0.3) is 0 Å². The Kier molecular flexibility index (Phi) is 13.5. The van der Waals surface area contributed by atoms with E-state index in [1.54, 1.807) is 0 Å². The fourth-order valence-corrected chi connectivity index (χ4v) is 2.79. The third kappa shape index (κ3) is 10.9. The van der Waals surface area contributed by atoms with E-state index in [1.165, 1.54) is 12.0 Å². The van der Waals surface area contributed by atoms with Gasteiger partial charge in [0, 0.05) is 6.08 Å². The highest BCUT2D eigenvalue weighted by Crippen LogP contribution is 2.31. The standard InChI is InChI=1S/C21H32O5.CH4/c1-5-16(3)12-19(18-10-8-7-9-11-18)13-17(4)14-24-25-15-21(23)26-20(22)6-2;/h6-11,16-17,19,21,23H,2,5,12-15H2,1,3-4H3;1H4. The van der Waals surface area contributed by atoms with Crippen LogP contribution in [0.5, 0.6) is 0 Å². The summed E-state index contributed by atoms with van der Waals surface area (Å²) in [5, 5.41) is 9.44. The molecular formula is C22H36O5. The summed E-state index contributed by atoms with van der Waals surface area (Å²) in [7, 11) is 0. The highest BCUT2D eigenvalue weighted by atomic mass is 17.2. The first-order chi connectivity index (χ1) is 12.5. The zero-order chi connectivity index (χ0) is 19.4. The van der Waals surface area contributed by atoms with Gasteiger partial charge in [-0.1, -0.05) is 71.5 Å². The molecular weight excluding hydrogens is 344 g/mol. The zero-order valence-corrected chi connectivity index (χ0v) is 16.1. The minimum Gasteiger partial charge on any atom is -0.430 e. The van der Waals surface area contributed by atoms with E-state index in [1.807, 2.05) is 6.07 Å². The lowest BCUT2D eigenvalue weighted by atomic mass is 9.83. The van der Waals surface area contributed by atoms with Crippen LogP contribution < -0.4 is 0 Å². The van der Waals surface area contributed by atoms with Crippen molar-refractivity contribution in [3.8, 4) is 0 Å². The Morgan fingerprint density at radius 3 is 2.30 bits per heavy atom. The molecule has 0 bridgehead atoms. The van der Waals surface area contributed by atoms with Gasteiger partial charge in [-0.05, 0) is 36.2 Å². The van der Waals surface area contributed by atoms with E-state index in [4.69, 9.17) is 9.78 Å². The van der Waals surface area contributed by atoms with Crippen LogP contribution in [0, 0.1) is 11.8 Å². The van der Waals surface area contributed by atoms with Crippen molar-refractivity contribution < 1.29 is 24.4 Å². The largest absolute Gasteiger partial charge is 0.430 e. The Morgan fingerprint density at radius 1 is 1.11 bits per heavy atom. The van der Waals surface area contributed by atoms with Crippen molar-refractivity contribution in [3.05, 3.63) is 48.6 Å². The fraction of sp³-hybridized carbons (Fsp3) is 0.591. The van der Waals surface area contributed by atoms with Gasteiger partial charge in [-0.3, -0.25) is 0 Å². The molecule has 1 aromatic rings. The number of ether oxygens (including phenoxy) is 1. The Bertz CT molecular complexity index is 517. The van der Waals surface area contributed by atoms with Crippen molar-refractivity contribution in [3.63, 3.8) is 0 Å². The molecule has 1 N–H and O–H groups in total. The number of hydrogen-bond acceptors (Lipinski definition) is 5. The van der Waals surface area contributed by atoms with E-state index in [0.717, 1.165) is 18.9 Å². The minimum absolute atomic E-state index is 0. The predicted octanol–water partition coefficient (Wildman–Crippen LogP) is 4.86. The molecule has 0 aliphatic rings. The molecule has 154 valence electrons. The van der Waals surface area contributed by atoms with E-state index in [9.17, 15) is 9.90 Å². The molecule has 0 spiro atoms. The summed E-state index contributed by atoms with van der Waals surface area (Å²) in [6, 6.07) is 10.6. The Balaban J connectivity index is 0.00000676. The van der Waals surface area contributed by atoms with E-state index >= 15 is 0 Å². The van der Waals surface area contributed by atoms with Crippen molar-refractivity contribution in [2.75, 3.05) is 13.2 Å².